The van der Waals surface area contributed by atoms with Gasteiger partial charge in [-0.2, -0.15) is 0 Å². The smallest absolute Gasteiger partial charge is 0.338 e. The van der Waals surface area contributed by atoms with E-state index in [1.165, 1.54) is 24.3 Å². The van der Waals surface area contributed by atoms with E-state index >= 15 is 0 Å². The van der Waals surface area contributed by atoms with Gasteiger partial charge in [0.25, 0.3) is 0 Å². The lowest BCUT2D eigenvalue weighted by Crippen LogP contribution is -2.32. The number of carbonyl (C=O) groups excluding carboxylic acids is 2. The van der Waals surface area contributed by atoms with Crippen LogP contribution >= 0.6 is 0 Å². The SMILES string of the molecule is CC[C@H](C)NS(=O)(=O)c1ccc(C(=O)O[C@@H]2CCCCC2=O)cc1. The highest BCUT2D eigenvalue weighted by atomic mass is 32.2. The van der Waals surface area contributed by atoms with E-state index in [9.17, 15) is 18.0 Å². The molecule has 1 aromatic carbocycles. The monoisotopic (exact) mass is 353 g/mol. The maximum absolute atomic E-state index is 12.2. The van der Waals surface area contributed by atoms with Gasteiger partial charge in [0.2, 0.25) is 10.0 Å². The molecular weight excluding hydrogens is 330 g/mol. The Morgan fingerprint density at radius 3 is 2.54 bits per heavy atom. The average Bonchev–Trinajstić information content (AvgIpc) is 2.56. The summed E-state index contributed by atoms with van der Waals surface area (Å²) in [4.78, 5) is 23.9. The van der Waals surface area contributed by atoms with Crippen LogP contribution < -0.4 is 4.72 Å². The van der Waals surface area contributed by atoms with Crippen molar-refractivity contribution in [3.63, 3.8) is 0 Å². The molecule has 1 saturated carbocycles. The maximum atomic E-state index is 12.2. The number of ether oxygens (including phenoxy) is 1. The van der Waals surface area contributed by atoms with Crippen molar-refractivity contribution in [2.45, 2.75) is 63.0 Å². The number of hydrogen-bond acceptors (Lipinski definition) is 5. The highest BCUT2D eigenvalue weighted by molar-refractivity contribution is 7.89. The number of carbonyl (C=O) groups is 2. The number of benzene rings is 1. The largest absolute Gasteiger partial charge is 0.451 e. The fourth-order valence-corrected chi connectivity index (χ4v) is 3.79. The molecule has 0 radical (unpaired) electrons. The standard InChI is InChI=1S/C17H23NO5S/c1-3-12(2)18-24(21,22)14-10-8-13(9-11-14)17(20)23-16-7-5-4-6-15(16)19/h8-12,16,18H,3-7H2,1-2H3/t12-,16+/m0/s1. The molecule has 1 aromatic rings. The van der Waals surface area contributed by atoms with Crippen molar-refractivity contribution in [3.05, 3.63) is 29.8 Å². The molecule has 6 nitrogen and oxygen atoms in total. The fraction of sp³-hybridized carbons (Fsp3) is 0.529. The van der Waals surface area contributed by atoms with Gasteiger partial charge < -0.3 is 4.74 Å². The van der Waals surface area contributed by atoms with Crippen LogP contribution in [0.5, 0.6) is 0 Å². The highest BCUT2D eigenvalue weighted by Gasteiger charge is 2.26. The van der Waals surface area contributed by atoms with Crippen molar-refractivity contribution in [2.24, 2.45) is 0 Å². The third-order valence-electron chi connectivity index (χ3n) is 4.12. The number of esters is 1. The molecule has 0 aliphatic heterocycles. The summed E-state index contributed by atoms with van der Waals surface area (Å²) in [7, 11) is -3.61. The molecule has 0 aromatic heterocycles. The molecule has 1 aliphatic carbocycles. The maximum Gasteiger partial charge on any atom is 0.338 e. The van der Waals surface area contributed by atoms with Gasteiger partial charge in [-0.25, -0.2) is 17.9 Å². The first-order chi connectivity index (χ1) is 11.3. The average molecular weight is 353 g/mol. The van der Waals surface area contributed by atoms with E-state index in [1.807, 2.05) is 6.92 Å². The Kier molecular flexibility index (Phi) is 6.12. The van der Waals surface area contributed by atoms with Gasteiger partial charge >= 0.3 is 5.97 Å². The normalized spacial score (nSPS) is 19.8. The fourth-order valence-electron chi connectivity index (χ4n) is 2.46. The Morgan fingerprint density at radius 2 is 1.96 bits per heavy atom. The van der Waals surface area contributed by atoms with Gasteiger partial charge in [0.15, 0.2) is 11.9 Å². The van der Waals surface area contributed by atoms with Crippen molar-refractivity contribution in [1.82, 2.24) is 4.72 Å². The summed E-state index contributed by atoms with van der Waals surface area (Å²) in [5, 5.41) is 0. The van der Waals surface area contributed by atoms with Gasteiger partial charge in [0, 0.05) is 12.5 Å². The van der Waals surface area contributed by atoms with Gasteiger partial charge in [-0.1, -0.05) is 6.92 Å². The minimum Gasteiger partial charge on any atom is -0.451 e. The van der Waals surface area contributed by atoms with Crippen LogP contribution in [0.4, 0.5) is 0 Å². The topological polar surface area (TPSA) is 89.5 Å². The lowest BCUT2D eigenvalue weighted by atomic mass is 9.96. The molecule has 7 heteroatoms. The first-order valence-electron chi connectivity index (χ1n) is 8.19. The molecule has 2 atom stereocenters. The molecule has 132 valence electrons. The second-order valence-corrected chi connectivity index (χ2v) is 7.77. The molecule has 24 heavy (non-hydrogen) atoms. The number of rotatable bonds is 6. The molecule has 0 bridgehead atoms. The number of ketones is 1. The van der Waals surface area contributed by atoms with Crippen LogP contribution in [0.15, 0.2) is 29.2 Å². The van der Waals surface area contributed by atoms with Gasteiger partial charge in [0.05, 0.1) is 10.5 Å². The highest BCUT2D eigenvalue weighted by Crippen LogP contribution is 2.19. The molecule has 0 amide bonds. The van der Waals surface area contributed by atoms with E-state index in [0.717, 1.165) is 12.8 Å². The van der Waals surface area contributed by atoms with Crippen LogP contribution in [0.2, 0.25) is 0 Å². The molecule has 0 saturated heterocycles. The zero-order valence-corrected chi connectivity index (χ0v) is 14.8. The second-order valence-electron chi connectivity index (χ2n) is 6.06. The molecule has 1 N–H and O–H groups in total. The summed E-state index contributed by atoms with van der Waals surface area (Å²) >= 11 is 0. The first kappa shape index (κ1) is 18.6. The van der Waals surface area contributed by atoms with Gasteiger partial charge in [0.1, 0.15) is 0 Å². The number of hydrogen-bond donors (Lipinski definition) is 1. The van der Waals surface area contributed by atoms with Crippen molar-refractivity contribution < 1.29 is 22.7 Å². The van der Waals surface area contributed by atoms with Gasteiger partial charge in [-0.3, -0.25) is 4.79 Å². The molecule has 0 spiro atoms. The quantitative estimate of drug-likeness (QED) is 0.793. The predicted molar refractivity (Wildman–Crippen MR) is 89.2 cm³/mol. The summed E-state index contributed by atoms with van der Waals surface area (Å²) in [5.41, 5.74) is 0.232. The third kappa shape index (κ3) is 4.64. The van der Waals surface area contributed by atoms with Crippen LogP contribution in [0, 0.1) is 0 Å². The van der Waals surface area contributed by atoms with E-state index in [0.29, 0.717) is 19.3 Å². The Balaban J connectivity index is 2.05. The van der Waals surface area contributed by atoms with E-state index in [2.05, 4.69) is 4.72 Å². The predicted octanol–water partition coefficient (Wildman–Crippen LogP) is 2.43. The van der Waals surface area contributed by atoms with Crippen LogP contribution in [0.1, 0.15) is 56.3 Å². The molecule has 2 rings (SSSR count). The van der Waals surface area contributed by atoms with Crippen LogP contribution in [0.25, 0.3) is 0 Å². The Labute approximate surface area is 142 Å². The zero-order chi connectivity index (χ0) is 17.7. The third-order valence-corrected chi connectivity index (χ3v) is 5.72. The van der Waals surface area contributed by atoms with Crippen molar-refractivity contribution >= 4 is 21.8 Å². The summed E-state index contributed by atoms with van der Waals surface area (Å²) in [6.45, 7) is 3.67. The first-order valence-corrected chi connectivity index (χ1v) is 9.68. The number of Topliss-reactive ketones (excluding diaryl/α,β-unsaturated/α-hetero) is 1. The Hall–Kier alpha value is -1.73. The minimum atomic E-state index is -3.61. The van der Waals surface area contributed by atoms with Gasteiger partial charge in [-0.05, 0) is 56.9 Å². The summed E-state index contributed by atoms with van der Waals surface area (Å²) in [6.07, 6.45) is 2.69. The molecule has 1 aliphatic rings. The van der Waals surface area contributed by atoms with Crippen molar-refractivity contribution in [1.29, 1.82) is 0 Å². The second kappa shape index (κ2) is 7.90. The van der Waals surface area contributed by atoms with Crippen LogP contribution in [0.3, 0.4) is 0 Å². The Morgan fingerprint density at radius 1 is 1.29 bits per heavy atom. The van der Waals surface area contributed by atoms with Crippen LogP contribution in [-0.4, -0.2) is 32.3 Å². The minimum absolute atomic E-state index is 0.0495. The summed E-state index contributed by atoms with van der Waals surface area (Å²) < 4.78 is 32.1. The summed E-state index contributed by atoms with van der Waals surface area (Å²) in [6, 6.07) is 5.37. The van der Waals surface area contributed by atoms with E-state index in [-0.39, 0.29) is 22.3 Å². The molecular formula is C17H23NO5S. The molecule has 0 unspecified atom stereocenters. The van der Waals surface area contributed by atoms with E-state index < -0.39 is 22.1 Å². The summed E-state index contributed by atoms with van der Waals surface area (Å²) in [5.74, 6) is -0.652. The van der Waals surface area contributed by atoms with E-state index in [1.54, 1.807) is 6.92 Å². The van der Waals surface area contributed by atoms with Crippen molar-refractivity contribution in [2.75, 3.05) is 0 Å². The lowest BCUT2D eigenvalue weighted by Gasteiger charge is -2.20. The number of sulfonamides is 1. The zero-order valence-electron chi connectivity index (χ0n) is 13.9. The number of nitrogens with one attached hydrogen (secondary N) is 1. The molecule has 0 heterocycles. The van der Waals surface area contributed by atoms with Crippen molar-refractivity contribution in [3.8, 4) is 0 Å². The van der Waals surface area contributed by atoms with Gasteiger partial charge in [-0.15, -0.1) is 0 Å². The lowest BCUT2D eigenvalue weighted by molar-refractivity contribution is -0.129. The molecule has 1 fully saturated rings. The van der Waals surface area contributed by atoms with E-state index in [4.69, 9.17) is 4.74 Å². The van der Waals surface area contributed by atoms with Crippen LogP contribution in [-0.2, 0) is 19.6 Å². The Bertz CT molecular complexity index is 696.